The van der Waals surface area contributed by atoms with Crippen LogP contribution in [0.4, 0.5) is 5.69 Å². The van der Waals surface area contributed by atoms with E-state index in [0.29, 0.717) is 11.4 Å². The Morgan fingerprint density at radius 3 is 2.25 bits per heavy atom. The Labute approximate surface area is 138 Å². The lowest BCUT2D eigenvalue weighted by Gasteiger charge is -2.11. The van der Waals surface area contributed by atoms with Crippen molar-refractivity contribution in [2.45, 2.75) is 0 Å². The molecule has 0 bridgehead atoms. The molecule has 112 valence electrons. The van der Waals surface area contributed by atoms with Gasteiger partial charge in [-0.1, -0.05) is 30.4 Å². The summed E-state index contributed by atoms with van der Waals surface area (Å²) in [5.41, 5.74) is 2.06. The molecule has 3 rings (SSSR count). The molecule has 0 fully saturated rings. The number of anilines is 1. The van der Waals surface area contributed by atoms with Crippen LogP contribution in [-0.2, 0) is 0 Å². The van der Waals surface area contributed by atoms with Gasteiger partial charge in [-0.3, -0.25) is 0 Å². The number of hydrogen-bond acceptors (Lipinski definition) is 5. The third-order valence-corrected chi connectivity index (χ3v) is 3.45. The Balaban J connectivity index is 1.98. The van der Waals surface area contributed by atoms with Gasteiger partial charge in [-0.15, -0.1) is 0 Å². The van der Waals surface area contributed by atoms with Crippen molar-refractivity contribution in [2.24, 2.45) is 0 Å². The second-order valence-corrected chi connectivity index (χ2v) is 4.94. The van der Waals surface area contributed by atoms with Crippen molar-refractivity contribution >= 4 is 17.8 Å². The van der Waals surface area contributed by atoms with Crippen LogP contribution in [0.15, 0.2) is 53.7 Å². The minimum absolute atomic E-state index is 0.0930. The van der Waals surface area contributed by atoms with Gasteiger partial charge in [0.1, 0.15) is 35.4 Å². The van der Waals surface area contributed by atoms with Gasteiger partial charge in [-0.05, 0) is 18.2 Å². The first-order chi connectivity index (χ1) is 11.7. The normalized spacial score (nSPS) is 10.5. The number of hydrogen-bond donors (Lipinski definition) is 1. The van der Waals surface area contributed by atoms with Crippen LogP contribution in [-0.4, -0.2) is 0 Å². The SMILES string of the molecule is N#CC(C#N)=C(C#N)Nc1ccc2c(c1)Oc1ccccc1C=C2. The van der Waals surface area contributed by atoms with Gasteiger partial charge in [-0.25, -0.2) is 0 Å². The first-order valence-corrected chi connectivity index (χ1v) is 7.06. The lowest BCUT2D eigenvalue weighted by molar-refractivity contribution is 0.482. The zero-order valence-corrected chi connectivity index (χ0v) is 12.4. The molecular weight excluding hydrogens is 300 g/mol. The largest absolute Gasteiger partial charge is 0.456 e. The number of para-hydroxylation sites is 1. The number of nitrogens with one attached hydrogen (secondary N) is 1. The first kappa shape index (κ1) is 14.9. The van der Waals surface area contributed by atoms with Crippen molar-refractivity contribution in [1.29, 1.82) is 15.8 Å². The fourth-order valence-electron chi connectivity index (χ4n) is 2.27. The number of rotatable bonds is 2. The van der Waals surface area contributed by atoms with Gasteiger partial charge < -0.3 is 10.1 Å². The molecule has 1 aliphatic rings. The van der Waals surface area contributed by atoms with Crippen LogP contribution in [0.25, 0.3) is 12.2 Å². The van der Waals surface area contributed by atoms with E-state index in [1.165, 1.54) is 0 Å². The van der Waals surface area contributed by atoms with Gasteiger partial charge in [0.15, 0.2) is 5.57 Å². The summed E-state index contributed by atoms with van der Waals surface area (Å²) in [6.45, 7) is 0. The molecule has 24 heavy (non-hydrogen) atoms. The van der Waals surface area contributed by atoms with Gasteiger partial charge in [-0.2, -0.15) is 15.8 Å². The highest BCUT2D eigenvalue weighted by Crippen LogP contribution is 2.35. The fraction of sp³-hybridized carbons (Fsp3) is 0. The predicted octanol–water partition coefficient (Wildman–Crippen LogP) is 4.20. The molecule has 2 aromatic carbocycles. The first-order valence-electron chi connectivity index (χ1n) is 7.06. The molecule has 0 atom stereocenters. The highest BCUT2D eigenvalue weighted by atomic mass is 16.5. The molecule has 0 aromatic heterocycles. The monoisotopic (exact) mass is 310 g/mol. The van der Waals surface area contributed by atoms with Crippen LogP contribution in [0.5, 0.6) is 11.5 Å². The van der Waals surface area contributed by atoms with Crippen molar-refractivity contribution in [3.63, 3.8) is 0 Å². The minimum atomic E-state index is -0.265. The summed E-state index contributed by atoms with van der Waals surface area (Å²) in [6, 6.07) is 18.2. The summed E-state index contributed by atoms with van der Waals surface area (Å²) >= 11 is 0. The summed E-state index contributed by atoms with van der Waals surface area (Å²) in [4.78, 5) is 0. The summed E-state index contributed by atoms with van der Waals surface area (Å²) in [7, 11) is 0. The summed E-state index contributed by atoms with van der Waals surface area (Å²) < 4.78 is 5.94. The lowest BCUT2D eigenvalue weighted by Crippen LogP contribution is -2.01. The van der Waals surface area contributed by atoms with Crippen molar-refractivity contribution in [3.8, 4) is 29.7 Å². The summed E-state index contributed by atoms with van der Waals surface area (Å²) in [5, 5.41) is 29.7. The maximum absolute atomic E-state index is 9.12. The van der Waals surface area contributed by atoms with E-state index in [1.54, 1.807) is 24.3 Å². The number of fused-ring (bicyclic) bond motifs is 2. The van der Waals surface area contributed by atoms with Crippen LogP contribution in [0.3, 0.4) is 0 Å². The van der Waals surface area contributed by atoms with Crippen LogP contribution < -0.4 is 10.1 Å². The van der Waals surface area contributed by atoms with Gasteiger partial charge in [0.25, 0.3) is 0 Å². The Morgan fingerprint density at radius 1 is 0.833 bits per heavy atom. The zero-order valence-electron chi connectivity index (χ0n) is 12.4. The van der Waals surface area contributed by atoms with Crippen molar-refractivity contribution < 1.29 is 4.74 Å². The topological polar surface area (TPSA) is 92.6 Å². The molecule has 0 saturated heterocycles. The van der Waals surface area contributed by atoms with Crippen LogP contribution in [0.2, 0.25) is 0 Å². The average molecular weight is 310 g/mol. The van der Waals surface area contributed by atoms with Crippen molar-refractivity contribution in [3.05, 3.63) is 64.9 Å². The Kier molecular flexibility index (Phi) is 3.98. The molecule has 0 amide bonds. The third-order valence-electron chi connectivity index (χ3n) is 3.45. The maximum Gasteiger partial charge on any atom is 0.163 e. The van der Waals surface area contributed by atoms with E-state index < -0.39 is 0 Å². The molecule has 0 radical (unpaired) electrons. The Morgan fingerprint density at radius 2 is 1.54 bits per heavy atom. The van der Waals surface area contributed by atoms with Gasteiger partial charge >= 0.3 is 0 Å². The minimum Gasteiger partial charge on any atom is -0.456 e. The molecule has 1 aliphatic heterocycles. The van der Waals surface area contributed by atoms with E-state index in [0.717, 1.165) is 16.9 Å². The van der Waals surface area contributed by atoms with Crippen LogP contribution in [0.1, 0.15) is 11.1 Å². The molecule has 2 aromatic rings. The quantitative estimate of drug-likeness (QED) is 0.716. The van der Waals surface area contributed by atoms with Crippen molar-refractivity contribution in [2.75, 3.05) is 5.32 Å². The molecule has 1 N–H and O–H groups in total. The molecule has 0 unspecified atom stereocenters. The average Bonchev–Trinajstić information content (AvgIpc) is 2.80. The zero-order chi connectivity index (χ0) is 16.9. The second-order valence-electron chi connectivity index (χ2n) is 4.94. The number of benzene rings is 2. The van der Waals surface area contributed by atoms with Gasteiger partial charge in [0.2, 0.25) is 0 Å². The van der Waals surface area contributed by atoms with E-state index in [-0.39, 0.29) is 11.3 Å². The van der Waals surface area contributed by atoms with E-state index in [1.807, 2.05) is 48.6 Å². The molecule has 5 nitrogen and oxygen atoms in total. The smallest absolute Gasteiger partial charge is 0.163 e. The molecule has 0 spiro atoms. The number of ether oxygens (including phenoxy) is 1. The number of nitriles is 3. The number of nitrogens with zero attached hydrogens (tertiary/aromatic N) is 3. The number of allylic oxidation sites excluding steroid dienone is 2. The molecular formula is C19H10N4O. The van der Waals surface area contributed by atoms with Crippen LogP contribution >= 0.6 is 0 Å². The van der Waals surface area contributed by atoms with Gasteiger partial charge in [0.05, 0.1) is 0 Å². The fourth-order valence-corrected chi connectivity index (χ4v) is 2.27. The molecule has 1 heterocycles. The standard InChI is InChI=1S/C19H10N4O/c20-10-15(11-21)17(12-22)23-16-8-7-14-6-5-13-3-1-2-4-18(13)24-19(14)9-16/h1-9,23H. The van der Waals surface area contributed by atoms with E-state index in [9.17, 15) is 0 Å². The second kappa shape index (κ2) is 6.40. The third kappa shape index (κ3) is 2.81. The maximum atomic E-state index is 9.12. The molecule has 5 heteroatoms. The van der Waals surface area contributed by atoms with Gasteiger partial charge in [0, 0.05) is 22.9 Å². The summed E-state index contributed by atoms with van der Waals surface area (Å²) in [5.74, 6) is 1.35. The molecule has 0 aliphatic carbocycles. The highest BCUT2D eigenvalue weighted by Gasteiger charge is 2.12. The van der Waals surface area contributed by atoms with E-state index in [2.05, 4.69) is 5.32 Å². The Bertz CT molecular complexity index is 981. The summed E-state index contributed by atoms with van der Waals surface area (Å²) in [6.07, 6.45) is 3.92. The highest BCUT2D eigenvalue weighted by molar-refractivity contribution is 5.79. The lowest BCUT2D eigenvalue weighted by atomic mass is 10.1. The van der Waals surface area contributed by atoms with Crippen LogP contribution in [0, 0.1) is 34.0 Å². The van der Waals surface area contributed by atoms with E-state index in [4.69, 9.17) is 20.5 Å². The van der Waals surface area contributed by atoms with E-state index >= 15 is 0 Å². The predicted molar refractivity (Wildman–Crippen MR) is 89.4 cm³/mol. The van der Waals surface area contributed by atoms with Crippen molar-refractivity contribution in [1.82, 2.24) is 0 Å². The Hall–Kier alpha value is -4.01. The molecule has 0 saturated carbocycles.